The average molecular weight is 414 g/mol. The Balaban J connectivity index is -0.000000993. The van der Waals surface area contributed by atoms with Gasteiger partial charge < -0.3 is 10.4 Å². The van der Waals surface area contributed by atoms with Gasteiger partial charge in [0.1, 0.15) is 12.2 Å². The maximum atomic E-state index is 11.2. The van der Waals surface area contributed by atoms with E-state index in [-0.39, 0.29) is 12.2 Å². The molecule has 29 heavy (non-hydrogen) atoms. The first kappa shape index (κ1) is 32.5. The van der Waals surface area contributed by atoms with Crippen LogP contribution in [-0.4, -0.2) is 31.0 Å². The van der Waals surface area contributed by atoms with Crippen molar-refractivity contribution in [2.45, 2.75) is 124 Å². The number of aliphatic carboxylic acids is 1. The molecule has 0 saturated carbocycles. The maximum absolute atomic E-state index is 11.2. The summed E-state index contributed by atoms with van der Waals surface area (Å²) >= 11 is 0. The molecule has 0 aliphatic heterocycles. The van der Waals surface area contributed by atoms with Gasteiger partial charge >= 0.3 is 5.97 Å². The Labute approximate surface area is 181 Å². The molecular formula is C25H51NO3. The maximum Gasteiger partial charge on any atom is 0.310 e. The van der Waals surface area contributed by atoms with Crippen LogP contribution in [0.1, 0.15) is 124 Å². The van der Waals surface area contributed by atoms with E-state index in [1.165, 1.54) is 64.2 Å². The van der Waals surface area contributed by atoms with E-state index in [9.17, 15) is 9.59 Å². The number of rotatable bonds is 17. The van der Waals surface area contributed by atoms with Crippen LogP contribution in [0.15, 0.2) is 12.2 Å². The van der Waals surface area contributed by atoms with Crippen molar-refractivity contribution in [2.75, 3.05) is 14.1 Å². The van der Waals surface area contributed by atoms with Crippen LogP contribution < -0.4 is 5.32 Å². The zero-order valence-corrected chi connectivity index (χ0v) is 20.2. The minimum Gasteiger partial charge on any atom is -0.481 e. The van der Waals surface area contributed by atoms with Gasteiger partial charge in [-0.3, -0.25) is 9.59 Å². The number of allylic oxidation sites excluding steroid dienone is 2. The zero-order valence-electron chi connectivity index (χ0n) is 20.2. The molecule has 0 aromatic rings. The Morgan fingerprint density at radius 3 is 1.52 bits per heavy atom. The molecule has 0 bridgehead atoms. The number of unbranched alkanes of at least 4 members (excludes halogenated alkanes) is 11. The number of hydrogen-bond donors (Lipinski definition) is 2. The van der Waals surface area contributed by atoms with Gasteiger partial charge in [-0.15, -0.1) is 0 Å². The first-order valence-corrected chi connectivity index (χ1v) is 12.0. The first-order chi connectivity index (χ1) is 14.0. The summed E-state index contributed by atoms with van der Waals surface area (Å²) in [7, 11) is 3.75. The van der Waals surface area contributed by atoms with E-state index >= 15 is 0 Å². The van der Waals surface area contributed by atoms with Gasteiger partial charge in [0.15, 0.2) is 0 Å². The van der Waals surface area contributed by atoms with E-state index in [4.69, 9.17) is 5.11 Å². The van der Waals surface area contributed by atoms with Crippen molar-refractivity contribution in [3.8, 4) is 0 Å². The van der Waals surface area contributed by atoms with Crippen LogP contribution in [0.2, 0.25) is 0 Å². The van der Waals surface area contributed by atoms with Crippen LogP contribution in [0.25, 0.3) is 0 Å². The SMILES string of the molecule is CCC.CCCCCCCC/C=C\CCCCCCCC(=O)CC(=O)O.CNC. The molecule has 0 rings (SSSR count). The summed E-state index contributed by atoms with van der Waals surface area (Å²) in [4.78, 5) is 21.5. The molecule has 0 radical (unpaired) electrons. The fourth-order valence-corrected chi connectivity index (χ4v) is 2.65. The second kappa shape index (κ2) is 31.5. The van der Waals surface area contributed by atoms with Crippen LogP contribution in [-0.2, 0) is 9.59 Å². The molecule has 0 atom stereocenters. The largest absolute Gasteiger partial charge is 0.481 e. The third-order valence-electron chi connectivity index (χ3n) is 4.07. The predicted octanol–water partition coefficient (Wildman–Crippen LogP) is 7.32. The summed E-state index contributed by atoms with van der Waals surface area (Å²) in [6, 6.07) is 0. The number of ketones is 1. The van der Waals surface area contributed by atoms with Gasteiger partial charge in [0.05, 0.1) is 0 Å². The normalized spacial score (nSPS) is 10.1. The third-order valence-corrected chi connectivity index (χ3v) is 4.07. The Kier molecular flexibility index (Phi) is 35.3. The lowest BCUT2D eigenvalue weighted by Gasteiger charge is -2.00. The van der Waals surface area contributed by atoms with Crippen molar-refractivity contribution in [2.24, 2.45) is 0 Å². The number of carboxylic acids is 1. The van der Waals surface area contributed by atoms with Crippen molar-refractivity contribution in [3.05, 3.63) is 12.2 Å². The number of hydrogen-bond acceptors (Lipinski definition) is 3. The molecule has 0 aliphatic rings. The number of carbonyl (C=O) groups excluding carboxylic acids is 1. The van der Waals surface area contributed by atoms with E-state index in [2.05, 4.69) is 38.2 Å². The molecule has 0 spiro atoms. The molecule has 0 aromatic heterocycles. The lowest BCUT2D eigenvalue weighted by Crippen LogP contribution is -2.05. The van der Waals surface area contributed by atoms with Crippen LogP contribution in [0.5, 0.6) is 0 Å². The predicted molar refractivity (Wildman–Crippen MR) is 128 cm³/mol. The highest BCUT2D eigenvalue weighted by Crippen LogP contribution is 2.10. The van der Waals surface area contributed by atoms with Crippen molar-refractivity contribution < 1.29 is 14.7 Å². The van der Waals surface area contributed by atoms with Gasteiger partial charge in [-0.2, -0.15) is 0 Å². The third kappa shape index (κ3) is 42.1. The van der Waals surface area contributed by atoms with E-state index in [1.807, 2.05) is 14.1 Å². The highest BCUT2D eigenvalue weighted by molar-refractivity contribution is 5.94. The van der Waals surface area contributed by atoms with E-state index < -0.39 is 5.97 Å². The molecular weight excluding hydrogens is 362 g/mol. The molecule has 0 heterocycles. The molecule has 0 amide bonds. The van der Waals surface area contributed by atoms with Crippen LogP contribution in [0.4, 0.5) is 0 Å². The lowest BCUT2D eigenvalue weighted by atomic mass is 10.1. The molecule has 174 valence electrons. The monoisotopic (exact) mass is 413 g/mol. The van der Waals surface area contributed by atoms with Gasteiger partial charge in [-0.25, -0.2) is 0 Å². The van der Waals surface area contributed by atoms with Crippen molar-refractivity contribution in [1.29, 1.82) is 0 Å². The molecule has 0 fully saturated rings. The molecule has 4 heteroatoms. The van der Waals surface area contributed by atoms with E-state index in [1.54, 1.807) is 0 Å². The molecule has 4 nitrogen and oxygen atoms in total. The Hall–Kier alpha value is -1.16. The summed E-state index contributed by atoms with van der Waals surface area (Å²) < 4.78 is 0. The van der Waals surface area contributed by atoms with Crippen LogP contribution in [0.3, 0.4) is 0 Å². The summed E-state index contributed by atoms with van der Waals surface area (Å²) in [6.07, 6.45) is 22.0. The lowest BCUT2D eigenvalue weighted by molar-refractivity contribution is -0.140. The van der Waals surface area contributed by atoms with E-state index in [0.29, 0.717) is 6.42 Å². The van der Waals surface area contributed by atoms with Gasteiger partial charge in [0.25, 0.3) is 0 Å². The number of nitrogens with one attached hydrogen (secondary N) is 1. The average Bonchev–Trinajstić information content (AvgIpc) is 2.65. The second-order valence-corrected chi connectivity index (χ2v) is 7.65. The summed E-state index contributed by atoms with van der Waals surface area (Å²) in [5.41, 5.74) is 0. The smallest absolute Gasteiger partial charge is 0.310 e. The summed E-state index contributed by atoms with van der Waals surface area (Å²) in [5, 5.41) is 11.2. The molecule has 2 N–H and O–H groups in total. The summed E-state index contributed by atoms with van der Waals surface area (Å²) in [5.74, 6) is -1.15. The first-order valence-electron chi connectivity index (χ1n) is 12.0. The standard InChI is InChI=1S/C20H36O3.C3H8.C2H7N/c1-2-3-4-5-6-7-8-9-10-11-12-13-14-15-16-17-19(21)18-20(22)23;2*1-3-2/h9-10H,2-8,11-18H2,1H3,(H,22,23);3H2,1-2H3;3H,1-2H3/b10-9-;;. The highest BCUT2D eigenvalue weighted by atomic mass is 16.4. The Morgan fingerprint density at radius 1 is 0.724 bits per heavy atom. The number of carboxylic acid groups (broad SMARTS) is 1. The van der Waals surface area contributed by atoms with Gasteiger partial charge in [-0.05, 0) is 46.2 Å². The van der Waals surface area contributed by atoms with Gasteiger partial charge in [0, 0.05) is 6.42 Å². The second-order valence-electron chi connectivity index (χ2n) is 7.65. The minimum absolute atomic E-state index is 0.143. The van der Waals surface area contributed by atoms with Crippen LogP contribution >= 0.6 is 0 Å². The molecule has 0 aromatic carbocycles. The molecule has 0 aliphatic carbocycles. The van der Waals surface area contributed by atoms with Crippen molar-refractivity contribution in [3.63, 3.8) is 0 Å². The van der Waals surface area contributed by atoms with Gasteiger partial charge in [0.2, 0.25) is 0 Å². The fraction of sp³-hybridized carbons (Fsp3) is 0.840. The van der Waals surface area contributed by atoms with Gasteiger partial charge in [-0.1, -0.05) is 90.7 Å². The number of carbonyl (C=O) groups is 2. The quantitative estimate of drug-likeness (QED) is 0.149. The Bertz CT molecular complexity index is 352. The minimum atomic E-state index is -1.01. The molecule has 0 unspecified atom stereocenters. The van der Waals surface area contributed by atoms with E-state index in [0.717, 1.165) is 25.7 Å². The van der Waals surface area contributed by atoms with Crippen molar-refractivity contribution >= 4 is 11.8 Å². The fourth-order valence-electron chi connectivity index (χ4n) is 2.65. The molecule has 0 saturated heterocycles. The van der Waals surface area contributed by atoms with Crippen LogP contribution in [0, 0.1) is 0 Å². The number of Topliss-reactive ketones (excluding diaryl/α,β-unsaturated/α-hetero) is 1. The highest BCUT2D eigenvalue weighted by Gasteiger charge is 2.06. The Morgan fingerprint density at radius 2 is 1.10 bits per heavy atom. The van der Waals surface area contributed by atoms with Crippen molar-refractivity contribution in [1.82, 2.24) is 5.32 Å². The summed E-state index contributed by atoms with van der Waals surface area (Å²) in [6.45, 7) is 6.50. The topological polar surface area (TPSA) is 66.4 Å². The zero-order chi connectivity index (χ0) is 22.6.